The first-order chi connectivity index (χ1) is 12.0. The van der Waals surface area contributed by atoms with E-state index in [4.69, 9.17) is 5.73 Å². The van der Waals surface area contributed by atoms with Crippen LogP contribution in [0.1, 0.15) is 0 Å². The Morgan fingerprint density at radius 2 is 2.24 bits per heavy atom. The smallest absolute Gasteiger partial charge is 0.274 e. The number of benzene rings is 1. The minimum Gasteiger partial charge on any atom is -0.364 e. The first kappa shape index (κ1) is 16.1. The number of nitrogens with two attached hydrogens (primary N) is 1. The summed E-state index contributed by atoms with van der Waals surface area (Å²) >= 11 is 4.43. The summed E-state index contributed by atoms with van der Waals surface area (Å²) in [5.74, 6) is -0.988. The maximum atomic E-state index is 14.1. The molecule has 1 aromatic carbocycles. The molecule has 0 saturated carbocycles. The van der Waals surface area contributed by atoms with Gasteiger partial charge >= 0.3 is 0 Å². The monoisotopic (exact) mass is 419 g/mol. The van der Waals surface area contributed by atoms with E-state index in [1.165, 1.54) is 17.8 Å². The van der Waals surface area contributed by atoms with Gasteiger partial charge in [-0.05, 0) is 30.4 Å². The van der Waals surface area contributed by atoms with Crippen LogP contribution in [0.3, 0.4) is 0 Å². The van der Waals surface area contributed by atoms with Crippen LogP contribution in [0.4, 0.5) is 10.1 Å². The summed E-state index contributed by atoms with van der Waals surface area (Å²) in [5.41, 5.74) is 7.69. The summed E-state index contributed by atoms with van der Waals surface area (Å²) in [5, 5.41) is 6.16. The largest absolute Gasteiger partial charge is 0.364 e. The second-order valence-electron chi connectivity index (χ2n) is 5.43. The summed E-state index contributed by atoms with van der Waals surface area (Å²) in [6, 6.07) is 4.75. The molecule has 1 unspecified atom stereocenters. The molecule has 0 radical (unpaired) electrons. The molecule has 6 nitrogen and oxygen atoms in total. The van der Waals surface area contributed by atoms with Gasteiger partial charge in [0, 0.05) is 21.9 Å². The van der Waals surface area contributed by atoms with Crippen LogP contribution < -0.4 is 16.4 Å². The number of anilines is 1. The topological polar surface area (TPSA) is 91.9 Å². The van der Waals surface area contributed by atoms with Crippen molar-refractivity contribution < 1.29 is 9.18 Å². The average molecular weight is 420 g/mol. The lowest BCUT2D eigenvalue weighted by molar-refractivity contribution is -0.111. The van der Waals surface area contributed by atoms with Crippen molar-refractivity contribution in [3.05, 3.63) is 63.8 Å². The number of amides is 1. The van der Waals surface area contributed by atoms with Crippen molar-refractivity contribution >= 4 is 50.7 Å². The zero-order valence-electron chi connectivity index (χ0n) is 12.6. The third kappa shape index (κ3) is 2.69. The number of hydrogen-bond acceptors (Lipinski definition) is 6. The van der Waals surface area contributed by atoms with Crippen LogP contribution in [0.15, 0.2) is 68.0 Å². The van der Waals surface area contributed by atoms with E-state index >= 15 is 0 Å². The Hall–Kier alpha value is -2.39. The molecule has 4 N–H and O–H groups in total. The number of aliphatic imine (C=N–C) groups is 2. The molecule has 1 amide bonds. The second-order valence-corrected chi connectivity index (χ2v) is 7.53. The summed E-state index contributed by atoms with van der Waals surface area (Å²) in [7, 11) is 0. The van der Waals surface area contributed by atoms with Gasteiger partial charge in [-0.15, -0.1) is 0 Å². The fourth-order valence-corrected chi connectivity index (χ4v) is 4.08. The highest BCUT2D eigenvalue weighted by molar-refractivity contribution is 9.10. The lowest BCUT2D eigenvalue weighted by Gasteiger charge is -2.31. The van der Waals surface area contributed by atoms with E-state index in [-0.39, 0.29) is 10.9 Å². The highest BCUT2D eigenvalue weighted by atomic mass is 79.9. The van der Waals surface area contributed by atoms with Gasteiger partial charge in [0.05, 0.1) is 17.7 Å². The van der Waals surface area contributed by atoms with Gasteiger partial charge in [0.25, 0.3) is 5.91 Å². The number of allylic oxidation sites excluding steroid dienone is 1. The molecule has 0 fully saturated rings. The van der Waals surface area contributed by atoms with Crippen molar-refractivity contribution in [3.63, 3.8) is 0 Å². The molecule has 1 aromatic rings. The number of nitrogens with one attached hydrogen (secondary N) is 2. The van der Waals surface area contributed by atoms with E-state index in [1.807, 2.05) is 6.08 Å². The molecular formula is C16H11BrFN5OS. The fraction of sp³-hybridized carbons (Fsp3) is 0.0625. The Morgan fingerprint density at radius 1 is 1.40 bits per heavy atom. The van der Waals surface area contributed by atoms with Crippen LogP contribution in [0.2, 0.25) is 0 Å². The van der Waals surface area contributed by atoms with E-state index in [9.17, 15) is 9.18 Å². The molecule has 1 atom stereocenters. The predicted octanol–water partition coefficient (Wildman–Crippen LogP) is 2.62. The molecule has 1 spiro atoms. The number of primary amides is 1. The molecule has 9 heteroatoms. The molecule has 1 aliphatic carbocycles. The van der Waals surface area contributed by atoms with E-state index in [2.05, 4.69) is 36.5 Å². The maximum absolute atomic E-state index is 14.1. The van der Waals surface area contributed by atoms with Crippen molar-refractivity contribution in [1.29, 1.82) is 0 Å². The van der Waals surface area contributed by atoms with Crippen molar-refractivity contribution in [1.82, 2.24) is 5.32 Å². The summed E-state index contributed by atoms with van der Waals surface area (Å²) in [6.07, 6.45) is 6.89. The summed E-state index contributed by atoms with van der Waals surface area (Å²) in [4.78, 5) is 19.5. The van der Waals surface area contributed by atoms with Crippen LogP contribution in [0.5, 0.6) is 0 Å². The summed E-state index contributed by atoms with van der Waals surface area (Å²) in [6.45, 7) is 0. The Labute approximate surface area is 155 Å². The van der Waals surface area contributed by atoms with Gasteiger partial charge < -0.3 is 16.4 Å². The average Bonchev–Trinajstić information content (AvgIpc) is 2.94. The molecule has 25 heavy (non-hydrogen) atoms. The SMILES string of the molecule is NC(=O)C1=NC2=CC(Nc3ccc(Br)cc3F)=CC3=CNC=NC32S1. The molecule has 3 aliphatic rings. The Morgan fingerprint density at radius 3 is 3.00 bits per heavy atom. The van der Waals surface area contributed by atoms with Gasteiger partial charge in [-0.25, -0.2) is 14.4 Å². The number of nitrogens with zero attached hydrogens (tertiary/aromatic N) is 2. The lowest BCUT2D eigenvalue weighted by atomic mass is 9.96. The Bertz CT molecular complexity index is 952. The van der Waals surface area contributed by atoms with Crippen LogP contribution in [-0.2, 0) is 4.79 Å². The molecule has 2 heterocycles. The first-order valence-corrected chi connectivity index (χ1v) is 8.83. The van der Waals surface area contributed by atoms with E-state index in [0.29, 0.717) is 21.6 Å². The highest BCUT2D eigenvalue weighted by Gasteiger charge is 2.48. The molecule has 0 bridgehead atoms. The van der Waals surface area contributed by atoms with Crippen LogP contribution >= 0.6 is 27.7 Å². The summed E-state index contributed by atoms with van der Waals surface area (Å²) < 4.78 is 14.7. The molecule has 4 rings (SSSR count). The minimum absolute atomic E-state index is 0.195. The van der Waals surface area contributed by atoms with Crippen molar-refractivity contribution in [2.75, 3.05) is 5.32 Å². The van der Waals surface area contributed by atoms with Gasteiger partial charge in [-0.3, -0.25) is 4.79 Å². The van der Waals surface area contributed by atoms with Gasteiger partial charge in [-0.1, -0.05) is 27.7 Å². The standard InChI is InChI=1S/C16H11BrFN5OS/c17-9-1-2-12(11(18)4-9)22-10-3-8-6-20-7-21-16(8)13(5-10)23-15(25-16)14(19)24/h1-7,22H,(H2,19,24)(H,20,21). The van der Waals surface area contributed by atoms with Gasteiger partial charge in [0.15, 0.2) is 9.91 Å². The maximum Gasteiger partial charge on any atom is 0.274 e. The van der Waals surface area contributed by atoms with E-state index in [0.717, 1.165) is 5.57 Å². The Balaban J connectivity index is 1.74. The van der Waals surface area contributed by atoms with Crippen LogP contribution in [0.25, 0.3) is 0 Å². The van der Waals surface area contributed by atoms with Crippen molar-refractivity contribution in [3.8, 4) is 0 Å². The quantitative estimate of drug-likeness (QED) is 0.701. The van der Waals surface area contributed by atoms with E-state index < -0.39 is 10.8 Å². The number of halogens is 2. The normalized spacial score (nSPS) is 23.4. The third-order valence-electron chi connectivity index (χ3n) is 3.79. The van der Waals surface area contributed by atoms with Crippen LogP contribution in [-0.4, -0.2) is 22.2 Å². The second kappa shape index (κ2) is 5.85. The van der Waals surface area contributed by atoms with Crippen molar-refractivity contribution in [2.24, 2.45) is 15.7 Å². The van der Waals surface area contributed by atoms with E-state index in [1.54, 1.807) is 30.7 Å². The zero-order chi connectivity index (χ0) is 17.6. The first-order valence-electron chi connectivity index (χ1n) is 7.22. The predicted molar refractivity (Wildman–Crippen MR) is 101 cm³/mol. The minimum atomic E-state index is -0.820. The fourth-order valence-electron chi connectivity index (χ4n) is 2.68. The third-order valence-corrected chi connectivity index (χ3v) is 5.61. The molecular weight excluding hydrogens is 409 g/mol. The molecule has 0 saturated heterocycles. The van der Waals surface area contributed by atoms with Gasteiger partial charge in [-0.2, -0.15) is 0 Å². The molecule has 0 aromatic heterocycles. The van der Waals surface area contributed by atoms with Crippen molar-refractivity contribution in [2.45, 2.75) is 4.87 Å². The lowest BCUT2D eigenvalue weighted by Crippen LogP contribution is -2.33. The molecule has 2 aliphatic heterocycles. The van der Waals surface area contributed by atoms with Gasteiger partial charge in [0.2, 0.25) is 0 Å². The Kier molecular flexibility index (Phi) is 3.77. The van der Waals surface area contributed by atoms with Gasteiger partial charge in [0.1, 0.15) is 5.82 Å². The number of carbonyl (C=O) groups excluding carboxylic acids is 1. The number of carbonyl (C=O) groups is 1. The molecule has 126 valence electrons. The van der Waals surface area contributed by atoms with Crippen LogP contribution in [0, 0.1) is 5.82 Å². The zero-order valence-corrected chi connectivity index (χ0v) is 15.0. The number of hydrogen-bond donors (Lipinski definition) is 3. The number of rotatable bonds is 3. The highest BCUT2D eigenvalue weighted by Crippen LogP contribution is 2.51. The number of thioether (sulfide) groups is 1.